The molecular formula is C12H15FN2O2. The van der Waals surface area contributed by atoms with Gasteiger partial charge in [-0.05, 0) is 36.5 Å². The summed E-state index contributed by atoms with van der Waals surface area (Å²) in [5.41, 5.74) is 5.58. The molecule has 2 amide bonds. The predicted octanol–water partition coefficient (Wildman–Crippen LogP) is 1.78. The fourth-order valence-corrected chi connectivity index (χ4v) is 1.49. The van der Waals surface area contributed by atoms with Crippen LogP contribution in [0.3, 0.4) is 0 Å². The molecule has 0 aliphatic heterocycles. The molecule has 0 atom stereocenters. The fraction of sp³-hybridized carbons (Fsp3) is 0.417. The van der Waals surface area contributed by atoms with Gasteiger partial charge in [-0.3, -0.25) is 0 Å². The van der Waals surface area contributed by atoms with Crippen molar-refractivity contribution in [2.75, 3.05) is 6.61 Å². The summed E-state index contributed by atoms with van der Waals surface area (Å²) in [5.74, 6) is 0.739. The molecule has 4 nitrogen and oxygen atoms in total. The van der Waals surface area contributed by atoms with Crippen LogP contribution in [0.2, 0.25) is 0 Å². The van der Waals surface area contributed by atoms with E-state index >= 15 is 0 Å². The summed E-state index contributed by atoms with van der Waals surface area (Å²) in [4.78, 5) is 10.6. The van der Waals surface area contributed by atoms with E-state index in [-0.39, 0.29) is 12.4 Å². The summed E-state index contributed by atoms with van der Waals surface area (Å²) in [5, 5.41) is 2.41. The second-order valence-corrected chi connectivity index (χ2v) is 4.27. The van der Waals surface area contributed by atoms with E-state index in [9.17, 15) is 9.18 Å². The molecule has 3 N–H and O–H groups in total. The van der Waals surface area contributed by atoms with Crippen molar-refractivity contribution in [3.63, 3.8) is 0 Å². The summed E-state index contributed by atoms with van der Waals surface area (Å²) in [6.45, 7) is 0.832. The average Bonchev–Trinajstić information content (AvgIpc) is 3.07. The van der Waals surface area contributed by atoms with Gasteiger partial charge in [0, 0.05) is 12.6 Å². The summed E-state index contributed by atoms with van der Waals surface area (Å²) >= 11 is 0. The van der Waals surface area contributed by atoms with Crippen LogP contribution in [0.25, 0.3) is 0 Å². The molecule has 1 saturated carbocycles. The lowest BCUT2D eigenvalue weighted by molar-refractivity contribution is 0.248. The second-order valence-electron chi connectivity index (χ2n) is 4.27. The largest absolute Gasteiger partial charge is 0.493 e. The minimum Gasteiger partial charge on any atom is -0.493 e. The molecule has 0 bridgehead atoms. The minimum atomic E-state index is -0.630. The van der Waals surface area contributed by atoms with Gasteiger partial charge in [0.1, 0.15) is 11.6 Å². The SMILES string of the molecule is NC(=O)NCc1cc(F)cc(OCC2CC2)c1. The number of nitrogens with two attached hydrogens (primary N) is 1. The molecule has 0 heterocycles. The number of carbonyl (C=O) groups excluding carboxylic acids is 1. The number of ether oxygens (including phenoxy) is 1. The molecular weight excluding hydrogens is 223 g/mol. The molecule has 0 radical (unpaired) electrons. The Kier molecular flexibility index (Phi) is 3.46. The lowest BCUT2D eigenvalue weighted by Gasteiger charge is -2.08. The normalized spacial score (nSPS) is 14.4. The van der Waals surface area contributed by atoms with E-state index < -0.39 is 6.03 Å². The molecule has 17 heavy (non-hydrogen) atoms. The number of nitrogens with one attached hydrogen (secondary N) is 1. The Morgan fingerprint density at radius 3 is 2.88 bits per heavy atom. The molecule has 1 aromatic carbocycles. The summed E-state index contributed by atoms with van der Waals surface area (Å²) < 4.78 is 18.7. The monoisotopic (exact) mass is 238 g/mol. The summed E-state index contributed by atoms with van der Waals surface area (Å²) in [6.07, 6.45) is 2.37. The smallest absolute Gasteiger partial charge is 0.312 e. The maximum atomic E-state index is 13.3. The molecule has 0 saturated heterocycles. The van der Waals surface area contributed by atoms with Crippen LogP contribution >= 0.6 is 0 Å². The first-order chi connectivity index (χ1) is 8.13. The van der Waals surface area contributed by atoms with Gasteiger partial charge in [-0.25, -0.2) is 9.18 Å². The van der Waals surface area contributed by atoms with Gasteiger partial charge in [0.2, 0.25) is 0 Å². The van der Waals surface area contributed by atoms with Crippen molar-refractivity contribution < 1.29 is 13.9 Å². The van der Waals surface area contributed by atoms with Crippen molar-refractivity contribution in [3.8, 4) is 5.75 Å². The van der Waals surface area contributed by atoms with E-state index in [4.69, 9.17) is 10.5 Å². The van der Waals surface area contributed by atoms with E-state index in [1.54, 1.807) is 6.07 Å². The van der Waals surface area contributed by atoms with Crippen molar-refractivity contribution in [1.29, 1.82) is 0 Å². The van der Waals surface area contributed by atoms with Crippen molar-refractivity contribution in [1.82, 2.24) is 5.32 Å². The number of rotatable bonds is 5. The van der Waals surface area contributed by atoms with E-state index in [1.165, 1.54) is 25.0 Å². The number of amides is 2. The van der Waals surface area contributed by atoms with Crippen LogP contribution in [0, 0.1) is 11.7 Å². The van der Waals surface area contributed by atoms with Gasteiger partial charge in [-0.1, -0.05) is 0 Å². The van der Waals surface area contributed by atoms with Crippen LogP contribution in [0.15, 0.2) is 18.2 Å². The fourth-order valence-electron chi connectivity index (χ4n) is 1.49. The average molecular weight is 238 g/mol. The van der Waals surface area contributed by atoms with Crippen molar-refractivity contribution >= 4 is 6.03 Å². The molecule has 1 aliphatic rings. The van der Waals surface area contributed by atoms with E-state index in [0.29, 0.717) is 23.8 Å². The first-order valence-corrected chi connectivity index (χ1v) is 5.59. The Labute approximate surface area is 98.9 Å². The highest BCUT2D eigenvalue weighted by Gasteiger charge is 2.22. The van der Waals surface area contributed by atoms with Crippen molar-refractivity contribution in [2.24, 2.45) is 11.7 Å². The lowest BCUT2D eigenvalue weighted by atomic mass is 10.2. The van der Waals surface area contributed by atoms with Gasteiger partial charge in [0.25, 0.3) is 0 Å². The van der Waals surface area contributed by atoms with Crippen LogP contribution in [0.5, 0.6) is 5.75 Å². The number of hydrogen-bond donors (Lipinski definition) is 2. The third kappa shape index (κ3) is 3.94. The molecule has 92 valence electrons. The molecule has 2 rings (SSSR count). The zero-order valence-corrected chi connectivity index (χ0v) is 9.41. The van der Waals surface area contributed by atoms with Crippen LogP contribution in [-0.4, -0.2) is 12.6 Å². The maximum Gasteiger partial charge on any atom is 0.312 e. The van der Waals surface area contributed by atoms with Gasteiger partial charge < -0.3 is 15.8 Å². The number of hydrogen-bond acceptors (Lipinski definition) is 2. The highest BCUT2D eigenvalue weighted by Crippen LogP contribution is 2.29. The first-order valence-electron chi connectivity index (χ1n) is 5.59. The minimum absolute atomic E-state index is 0.201. The number of primary amides is 1. The van der Waals surface area contributed by atoms with Gasteiger partial charge in [0.15, 0.2) is 0 Å². The van der Waals surface area contributed by atoms with E-state index in [1.807, 2.05) is 0 Å². The van der Waals surface area contributed by atoms with Crippen LogP contribution in [0.4, 0.5) is 9.18 Å². The third-order valence-corrected chi connectivity index (χ3v) is 2.58. The topological polar surface area (TPSA) is 64.4 Å². The quantitative estimate of drug-likeness (QED) is 0.821. The highest BCUT2D eigenvalue weighted by molar-refractivity contribution is 5.71. The van der Waals surface area contributed by atoms with Gasteiger partial charge in [0.05, 0.1) is 6.61 Å². The van der Waals surface area contributed by atoms with Gasteiger partial charge >= 0.3 is 6.03 Å². The van der Waals surface area contributed by atoms with Gasteiger partial charge in [-0.15, -0.1) is 0 Å². The van der Waals surface area contributed by atoms with Gasteiger partial charge in [-0.2, -0.15) is 0 Å². The third-order valence-electron chi connectivity index (χ3n) is 2.58. The van der Waals surface area contributed by atoms with Crippen LogP contribution in [0.1, 0.15) is 18.4 Å². The molecule has 1 aliphatic carbocycles. The zero-order valence-electron chi connectivity index (χ0n) is 9.41. The zero-order chi connectivity index (χ0) is 12.3. The molecule has 5 heteroatoms. The van der Waals surface area contributed by atoms with Crippen molar-refractivity contribution in [2.45, 2.75) is 19.4 Å². The number of halogens is 1. The molecule has 1 fully saturated rings. The Bertz CT molecular complexity index is 419. The molecule has 1 aromatic rings. The Hall–Kier alpha value is -1.78. The highest BCUT2D eigenvalue weighted by atomic mass is 19.1. The Morgan fingerprint density at radius 1 is 1.47 bits per heavy atom. The summed E-state index contributed by atoms with van der Waals surface area (Å²) in [6, 6.07) is 3.77. The molecule has 0 unspecified atom stereocenters. The second kappa shape index (κ2) is 5.03. The summed E-state index contributed by atoms with van der Waals surface area (Å²) in [7, 11) is 0. The number of carbonyl (C=O) groups is 1. The van der Waals surface area contributed by atoms with E-state index in [2.05, 4.69) is 5.32 Å². The lowest BCUT2D eigenvalue weighted by Crippen LogP contribution is -2.28. The first kappa shape index (κ1) is 11.7. The molecule has 0 aromatic heterocycles. The molecule has 0 spiro atoms. The van der Waals surface area contributed by atoms with Crippen molar-refractivity contribution in [3.05, 3.63) is 29.6 Å². The number of urea groups is 1. The predicted molar refractivity (Wildman–Crippen MR) is 61.0 cm³/mol. The maximum absolute atomic E-state index is 13.3. The van der Waals surface area contributed by atoms with Crippen LogP contribution < -0.4 is 15.8 Å². The number of benzene rings is 1. The Balaban J connectivity index is 1.97. The Morgan fingerprint density at radius 2 is 2.24 bits per heavy atom. The van der Waals surface area contributed by atoms with Crippen LogP contribution in [-0.2, 0) is 6.54 Å². The standard InChI is InChI=1S/C12H15FN2O2/c13-10-3-9(6-15-12(14)16)4-11(5-10)17-7-8-1-2-8/h3-5,8H,1-2,6-7H2,(H3,14,15,16). The van der Waals surface area contributed by atoms with E-state index in [0.717, 1.165) is 0 Å².